The summed E-state index contributed by atoms with van der Waals surface area (Å²) in [7, 11) is -4.68. The lowest BCUT2D eigenvalue weighted by molar-refractivity contribution is -0.137. The summed E-state index contributed by atoms with van der Waals surface area (Å²) in [5, 5.41) is 0. The van der Waals surface area contributed by atoms with Crippen LogP contribution in [-0.4, -0.2) is 8.42 Å². The molecule has 0 unspecified atom stereocenters. The monoisotopic (exact) mass is 433 g/mol. The topological polar surface area (TPSA) is 46.2 Å². The van der Waals surface area contributed by atoms with Crippen molar-refractivity contribution in [1.82, 2.24) is 0 Å². The fourth-order valence-corrected chi connectivity index (χ4v) is 3.46. The van der Waals surface area contributed by atoms with E-state index in [2.05, 4.69) is 15.9 Å². The van der Waals surface area contributed by atoms with Crippen LogP contribution >= 0.6 is 15.9 Å². The lowest BCUT2D eigenvalue weighted by Gasteiger charge is -2.12. The van der Waals surface area contributed by atoms with Gasteiger partial charge in [0.2, 0.25) is 0 Å². The Morgan fingerprint density at radius 2 is 1.58 bits per heavy atom. The standard InChI is InChI=1S/C13H6BrF6NO2S/c14-7-3-6(13(18,19)20)4-8(5-7)24(22,23)21-10-2-1-9(15)11(16)12(10)17/h1-5,21H. The number of benzene rings is 2. The summed E-state index contributed by atoms with van der Waals surface area (Å²) in [4.78, 5) is -0.840. The summed E-state index contributed by atoms with van der Waals surface area (Å²) in [6.07, 6.45) is -4.82. The molecule has 11 heteroatoms. The molecule has 2 aromatic carbocycles. The van der Waals surface area contributed by atoms with Crippen LogP contribution in [0, 0.1) is 17.5 Å². The van der Waals surface area contributed by atoms with E-state index in [4.69, 9.17) is 0 Å². The van der Waals surface area contributed by atoms with Gasteiger partial charge >= 0.3 is 6.18 Å². The fourth-order valence-electron chi connectivity index (χ4n) is 1.69. The molecule has 0 spiro atoms. The van der Waals surface area contributed by atoms with Crippen molar-refractivity contribution in [2.24, 2.45) is 0 Å². The predicted molar refractivity (Wildman–Crippen MR) is 76.3 cm³/mol. The number of sulfonamides is 1. The highest BCUT2D eigenvalue weighted by Crippen LogP contribution is 2.33. The van der Waals surface area contributed by atoms with Crippen molar-refractivity contribution in [3.05, 3.63) is 57.8 Å². The van der Waals surface area contributed by atoms with E-state index in [1.54, 1.807) is 4.72 Å². The second kappa shape index (κ2) is 6.28. The van der Waals surface area contributed by atoms with Gasteiger partial charge in [-0.3, -0.25) is 4.72 Å². The molecule has 1 N–H and O–H groups in total. The number of nitrogens with one attached hydrogen (secondary N) is 1. The number of alkyl halides is 3. The van der Waals surface area contributed by atoms with Crippen molar-refractivity contribution in [2.45, 2.75) is 11.1 Å². The lowest BCUT2D eigenvalue weighted by Crippen LogP contribution is -2.16. The van der Waals surface area contributed by atoms with Crippen molar-refractivity contribution in [2.75, 3.05) is 4.72 Å². The van der Waals surface area contributed by atoms with Gasteiger partial charge in [0, 0.05) is 4.47 Å². The maximum atomic E-state index is 13.5. The quantitative estimate of drug-likeness (QED) is 0.563. The zero-order chi connectivity index (χ0) is 18.3. The van der Waals surface area contributed by atoms with Crippen LogP contribution in [0.25, 0.3) is 0 Å². The molecule has 2 aromatic rings. The number of halogens is 7. The largest absolute Gasteiger partial charge is 0.416 e. The van der Waals surface area contributed by atoms with Gasteiger partial charge in [0.25, 0.3) is 10.0 Å². The Kier molecular flexibility index (Phi) is 4.86. The van der Waals surface area contributed by atoms with Gasteiger partial charge in [-0.05, 0) is 30.3 Å². The Balaban J connectivity index is 2.49. The summed E-state index contributed by atoms with van der Waals surface area (Å²) in [5.41, 5.74) is -2.20. The SMILES string of the molecule is O=S(=O)(Nc1ccc(F)c(F)c1F)c1cc(Br)cc(C(F)(F)F)c1. The molecule has 0 amide bonds. The minimum atomic E-state index is -4.82. The van der Waals surface area contributed by atoms with Crippen LogP contribution in [0.1, 0.15) is 5.56 Å². The zero-order valence-corrected chi connectivity index (χ0v) is 13.7. The first-order valence-corrected chi connectivity index (χ1v) is 8.23. The molecule has 0 aliphatic rings. The van der Waals surface area contributed by atoms with Crippen LogP contribution in [0.2, 0.25) is 0 Å². The average Bonchev–Trinajstić information content (AvgIpc) is 2.46. The minimum Gasteiger partial charge on any atom is -0.277 e. The third kappa shape index (κ3) is 3.83. The van der Waals surface area contributed by atoms with E-state index in [1.165, 1.54) is 0 Å². The molecule has 0 radical (unpaired) electrons. The van der Waals surface area contributed by atoms with Crippen LogP contribution in [0.3, 0.4) is 0 Å². The van der Waals surface area contributed by atoms with Crippen molar-refractivity contribution in [1.29, 1.82) is 0 Å². The molecule has 130 valence electrons. The first-order valence-electron chi connectivity index (χ1n) is 5.96. The van der Waals surface area contributed by atoms with E-state index in [9.17, 15) is 34.8 Å². The minimum absolute atomic E-state index is 0.191. The van der Waals surface area contributed by atoms with Gasteiger partial charge in [0.15, 0.2) is 17.5 Å². The molecule has 0 saturated heterocycles. The molecular weight excluding hydrogens is 428 g/mol. The molecule has 3 nitrogen and oxygen atoms in total. The van der Waals surface area contributed by atoms with Crippen LogP contribution in [0.15, 0.2) is 39.7 Å². The Hall–Kier alpha value is -1.75. The Morgan fingerprint density at radius 1 is 0.958 bits per heavy atom. The van der Waals surface area contributed by atoms with E-state index in [0.717, 1.165) is 6.07 Å². The smallest absolute Gasteiger partial charge is 0.277 e. The average molecular weight is 434 g/mol. The summed E-state index contributed by atoms with van der Waals surface area (Å²) < 4.78 is 103. The maximum Gasteiger partial charge on any atom is 0.416 e. The highest BCUT2D eigenvalue weighted by molar-refractivity contribution is 9.10. The molecule has 0 saturated carbocycles. The highest BCUT2D eigenvalue weighted by atomic mass is 79.9. The summed E-state index contributed by atoms with van der Waals surface area (Å²) >= 11 is 2.74. The predicted octanol–water partition coefficient (Wildman–Crippen LogP) is 4.69. The Bertz CT molecular complexity index is 898. The fraction of sp³-hybridized carbons (Fsp3) is 0.0769. The molecule has 0 bridgehead atoms. The Labute approximate surface area is 140 Å². The van der Waals surface area contributed by atoms with Crippen LogP contribution in [0.4, 0.5) is 32.0 Å². The van der Waals surface area contributed by atoms with Gasteiger partial charge in [0.05, 0.1) is 16.1 Å². The number of hydrogen-bond acceptors (Lipinski definition) is 2. The molecule has 2 rings (SSSR count). The summed E-state index contributed by atoms with van der Waals surface area (Å²) in [5.74, 6) is -5.28. The second-order valence-electron chi connectivity index (χ2n) is 4.50. The molecule has 0 aliphatic heterocycles. The van der Waals surface area contributed by atoms with Gasteiger partial charge in [-0.1, -0.05) is 15.9 Å². The van der Waals surface area contributed by atoms with Gasteiger partial charge in [-0.25, -0.2) is 21.6 Å². The van der Waals surface area contributed by atoms with Gasteiger partial charge in [-0.15, -0.1) is 0 Å². The van der Waals surface area contributed by atoms with Gasteiger partial charge in [-0.2, -0.15) is 13.2 Å². The van der Waals surface area contributed by atoms with E-state index < -0.39 is 49.8 Å². The maximum absolute atomic E-state index is 13.5. The number of hydrogen-bond donors (Lipinski definition) is 1. The van der Waals surface area contributed by atoms with Gasteiger partial charge < -0.3 is 0 Å². The lowest BCUT2D eigenvalue weighted by atomic mass is 10.2. The molecular formula is C13H6BrF6NO2S. The highest BCUT2D eigenvalue weighted by Gasteiger charge is 2.32. The van der Waals surface area contributed by atoms with Crippen molar-refractivity contribution in [3.63, 3.8) is 0 Å². The summed E-state index contributed by atoms with van der Waals surface area (Å²) in [6.45, 7) is 0. The van der Waals surface area contributed by atoms with Crippen molar-refractivity contribution < 1.29 is 34.8 Å². The molecule has 0 atom stereocenters. The summed E-state index contributed by atoms with van der Waals surface area (Å²) in [6, 6.07) is 2.89. The zero-order valence-electron chi connectivity index (χ0n) is 11.3. The van der Waals surface area contributed by atoms with E-state index in [-0.39, 0.29) is 4.47 Å². The normalized spacial score (nSPS) is 12.3. The molecule has 0 aliphatic carbocycles. The first-order chi connectivity index (χ1) is 10.9. The second-order valence-corrected chi connectivity index (χ2v) is 7.10. The van der Waals surface area contributed by atoms with E-state index in [0.29, 0.717) is 24.3 Å². The molecule has 0 aromatic heterocycles. The van der Waals surface area contributed by atoms with E-state index in [1.807, 2.05) is 0 Å². The molecule has 0 fully saturated rings. The number of rotatable bonds is 3. The molecule has 0 heterocycles. The van der Waals surface area contributed by atoms with Crippen LogP contribution in [0.5, 0.6) is 0 Å². The third-order valence-electron chi connectivity index (χ3n) is 2.79. The first kappa shape index (κ1) is 18.6. The third-order valence-corrected chi connectivity index (χ3v) is 4.59. The molecule has 24 heavy (non-hydrogen) atoms. The Morgan fingerprint density at radius 3 is 2.17 bits per heavy atom. The number of anilines is 1. The van der Waals surface area contributed by atoms with Crippen molar-refractivity contribution >= 4 is 31.6 Å². The van der Waals surface area contributed by atoms with Crippen molar-refractivity contribution in [3.8, 4) is 0 Å². The van der Waals surface area contributed by atoms with Crippen LogP contribution in [-0.2, 0) is 16.2 Å². The van der Waals surface area contributed by atoms with E-state index >= 15 is 0 Å². The van der Waals surface area contributed by atoms with Gasteiger partial charge in [0.1, 0.15) is 0 Å². The van der Waals surface area contributed by atoms with Crippen LogP contribution < -0.4 is 4.72 Å².